The summed E-state index contributed by atoms with van der Waals surface area (Å²) in [7, 11) is 0. The summed E-state index contributed by atoms with van der Waals surface area (Å²) in [5.74, 6) is 0. The van der Waals surface area contributed by atoms with Gasteiger partial charge >= 0.3 is 0 Å². The highest BCUT2D eigenvalue weighted by molar-refractivity contribution is 4.86. The SMILES string of the molecule is CC(C)N1CCC(N2CCC(O)C2)CC1.CC(C)N1CCC(N2CCCCCC2)CC1.CC(C)N1CCC(N2CCOCC2)CC1. The Balaban J connectivity index is 0.000000157. The quantitative estimate of drug-likeness (QED) is 0.439. The maximum atomic E-state index is 9.52. The summed E-state index contributed by atoms with van der Waals surface area (Å²) in [5, 5.41) is 9.52. The van der Waals surface area contributed by atoms with Crippen molar-refractivity contribution in [1.82, 2.24) is 29.4 Å². The largest absolute Gasteiger partial charge is 0.392 e. The van der Waals surface area contributed by atoms with Crippen LogP contribution in [0.2, 0.25) is 0 Å². The molecule has 0 aromatic rings. The van der Waals surface area contributed by atoms with E-state index in [1.807, 2.05) is 0 Å². The smallest absolute Gasteiger partial charge is 0.0679 e. The molecule has 6 fully saturated rings. The van der Waals surface area contributed by atoms with Crippen LogP contribution in [0, 0.1) is 0 Å². The molecule has 8 heteroatoms. The van der Waals surface area contributed by atoms with Gasteiger partial charge in [0.05, 0.1) is 19.3 Å². The van der Waals surface area contributed by atoms with Gasteiger partial charge < -0.3 is 29.4 Å². The van der Waals surface area contributed by atoms with E-state index >= 15 is 0 Å². The molecular formula is C38H76N6O2. The second kappa shape index (κ2) is 20.4. The zero-order valence-electron chi connectivity index (χ0n) is 31.3. The molecule has 0 radical (unpaired) electrons. The van der Waals surface area contributed by atoms with Crippen LogP contribution in [0.1, 0.15) is 112 Å². The Kier molecular flexibility index (Phi) is 17.0. The van der Waals surface area contributed by atoms with Crippen LogP contribution < -0.4 is 0 Å². The molecule has 0 spiro atoms. The average molecular weight is 649 g/mol. The second-order valence-electron chi connectivity index (χ2n) is 16.1. The topological polar surface area (TPSA) is 48.9 Å². The summed E-state index contributed by atoms with van der Waals surface area (Å²) >= 11 is 0. The highest BCUT2D eigenvalue weighted by atomic mass is 16.5. The molecule has 0 saturated carbocycles. The monoisotopic (exact) mass is 649 g/mol. The number of likely N-dealkylation sites (tertiary alicyclic amines) is 5. The molecule has 6 aliphatic rings. The second-order valence-corrected chi connectivity index (χ2v) is 16.1. The van der Waals surface area contributed by atoms with E-state index in [2.05, 4.69) is 70.9 Å². The lowest BCUT2D eigenvalue weighted by atomic mass is 10.0. The first-order valence-corrected chi connectivity index (χ1v) is 19.9. The van der Waals surface area contributed by atoms with Crippen molar-refractivity contribution in [2.45, 2.75) is 155 Å². The van der Waals surface area contributed by atoms with Crippen LogP contribution >= 0.6 is 0 Å². The molecule has 6 heterocycles. The van der Waals surface area contributed by atoms with Crippen LogP contribution in [-0.4, -0.2) is 169 Å². The molecule has 270 valence electrons. The predicted molar refractivity (Wildman–Crippen MR) is 194 cm³/mol. The van der Waals surface area contributed by atoms with Gasteiger partial charge in [-0.1, -0.05) is 12.8 Å². The van der Waals surface area contributed by atoms with Crippen LogP contribution in [-0.2, 0) is 4.74 Å². The summed E-state index contributed by atoms with van der Waals surface area (Å²) < 4.78 is 5.40. The lowest BCUT2D eigenvalue weighted by Crippen LogP contribution is -2.50. The van der Waals surface area contributed by atoms with Gasteiger partial charge in [0.1, 0.15) is 0 Å². The zero-order chi connectivity index (χ0) is 32.9. The summed E-state index contributed by atoms with van der Waals surface area (Å²) in [6, 6.07) is 4.60. The maximum Gasteiger partial charge on any atom is 0.0679 e. The van der Waals surface area contributed by atoms with Gasteiger partial charge in [-0.25, -0.2) is 0 Å². The summed E-state index contributed by atoms with van der Waals surface area (Å²) in [6.07, 6.45) is 14.8. The molecule has 1 atom stereocenters. The third kappa shape index (κ3) is 12.5. The number of nitrogens with zero attached hydrogens (tertiary/aromatic N) is 6. The summed E-state index contributed by atoms with van der Waals surface area (Å²) in [6.45, 7) is 30.4. The fraction of sp³-hybridized carbons (Fsp3) is 1.00. The van der Waals surface area contributed by atoms with E-state index in [0.29, 0.717) is 6.04 Å². The van der Waals surface area contributed by atoms with Crippen LogP contribution in [0.4, 0.5) is 0 Å². The van der Waals surface area contributed by atoms with Crippen LogP contribution in [0.3, 0.4) is 0 Å². The van der Waals surface area contributed by atoms with Gasteiger partial charge in [0.15, 0.2) is 0 Å². The van der Waals surface area contributed by atoms with Crippen molar-refractivity contribution in [3.05, 3.63) is 0 Å². The lowest BCUT2D eigenvalue weighted by molar-refractivity contribution is -0.00175. The van der Waals surface area contributed by atoms with E-state index in [-0.39, 0.29) is 6.10 Å². The third-order valence-electron chi connectivity index (χ3n) is 12.1. The van der Waals surface area contributed by atoms with E-state index in [9.17, 15) is 5.11 Å². The Morgan fingerprint density at radius 1 is 0.435 bits per heavy atom. The fourth-order valence-corrected chi connectivity index (χ4v) is 8.80. The zero-order valence-corrected chi connectivity index (χ0v) is 31.3. The molecule has 0 amide bonds. The first kappa shape index (κ1) is 38.5. The minimum absolute atomic E-state index is 0.0619. The van der Waals surface area contributed by atoms with E-state index in [0.717, 1.165) is 76.0 Å². The molecule has 0 aromatic heterocycles. The molecule has 6 aliphatic heterocycles. The van der Waals surface area contributed by atoms with Gasteiger partial charge in [-0.3, -0.25) is 9.80 Å². The van der Waals surface area contributed by atoms with E-state index in [4.69, 9.17) is 4.74 Å². The van der Waals surface area contributed by atoms with Crippen LogP contribution in [0.5, 0.6) is 0 Å². The predicted octanol–water partition coefficient (Wildman–Crippen LogP) is 4.85. The Morgan fingerprint density at radius 2 is 0.804 bits per heavy atom. The van der Waals surface area contributed by atoms with Gasteiger partial charge in [0.25, 0.3) is 0 Å². The molecule has 6 saturated heterocycles. The number of hydrogen-bond donors (Lipinski definition) is 1. The molecule has 0 aromatic carbocycles. The Bertz CT molecular complexity index is 747. The van der Waals surface area contributed by atoms with Gasteiger partial charge in [-0.05, 0) is 152 Å². The fourth-order valence-electron chi connectivity index (χ4n) is 8.80. The summed E-state index contributed by atoms with van der Waals surface area (Å²) in [5.41, 5.74) is 0. The number of aliphatic hydroxyl groups is 1. The Morgan fingerprint density at radius 3 is 1.15 bits per heavy atom. The van der Waals surface area contributed by atoms with Gasteiger partial charge in [0.2, 0.25) is 0 Å². The summed E-state index contributed by atoms with van der Waals surface area (Å²) in [4.78, 5) is 15.7. The number of β-amino-alcohol motifs (C(OH)–C–C–N with tert-alkyl or cyclic N) is 1. The molecule has 0 bridgehead atoms. The molecule has 8 nitrogen and oxygen atoms in total. The first-order chi connectivity index (χ1) is 22.2. The molecular weight excluding hydrogens is 572 g/mol. The highest BCUT2D eigenvalue weighted by Gasteiger charge is 2.30. The standard InChI is InChI=1S/C14H28N2.2C12H24N2O/c1-13(2)15-11-7-14(8-12-15)16-9-5-3-4-6-10-16;1-10(2)13-6-3-11(4-7-13)14-8-5-12(15)9-14;1-11(2)13-5-3-12(4-6-13)14-7-9-15-10-8-14/h13-14H,3-12H2,1-2H3;10-12,15H,3-9H2,1-2H3;11-12H,3-10H2,1-2H3. The maximum absolute atomic E-state index is 9.52. The van der Waals surface area contributed by atoms with Crippen molar-refractivity contribution in [2.75, 3.05) is 91.8 Å². The normalized spacial score (nSPS) is 28.7. The number of aliphatic hydroxyl groups excluding tert-OH is 1. The number of ether oxygens (including phenoxy) is 1. The van der Waals surface area contributed by atoms with Gasteiger partial charge in [-0.2, -0.15) is 0 Å². The van der Waals surface area contributed by atoms with Crippen molar-refractivity contribution in [2.24, 2.45) is 0 Å². The third-order valence-corrected chi connectivity index (χ3v) is 12.1. The van der Waals surface area contributed by atoms with Crippen molar-refractivity contribution >= 4 is 0 Å². The number of rotatable bonds is 6. The average Bonchev–Trinajstić information content (AvgIpc) is 3.33. The Hall–Kier alpha value is -0.320. The molecule has 0 aliphatic carbocycles. The van der Waals surface area contributed by atoms with E-state index in [1.165, 1.54) is 117 Å². The van der Waals surface area contributed by atoms with Crippen LogP contribution in [0.25, 0.3) is 0 Å². The number of piperidine rings is 3. The first-order valence-electron chi connectivity index (χ1n) is 19.9. The molecule has 1 N–H and O–H groups in total. The van der Waals surface area contributed by atoms with Crippen molar-refractivity contribution < 1.29 is 9.84 Å². The molecule has 1 unspecified atom stereocenters. The minimum Gasteiger partial charge on any atom is -0.392 e. The van der Waals surface area contributed by atoms with E-state index in [1.54, 1.807) is 0 Å². The Labute approximate surface area is 285 Å². The molecule has 6 rings (SSSR count). The minimum atomic E-state index is -0.0619. The van der Waals surface area contributed by atoms with Crippen molar-refractivity contribution in [3.63, 3.8) is 0 Å². The lowest BCUT2D eigenvalue weighted by Gasteiger charge is -2.41. The molecule has 46 heavy (non-hydrogen) atoms. The number of hydrogen-bond acceptors (Lipinski definition) is 8. The van der Waals surface area contributed by atoms with Crippen molar-refractivity contribution in [3.8, 4) is 0 Å². The van der Waals surface area contributed by atoms with Crippen LogP contribution in [0.15, 0.2) is 0 Å². The van der Waals surface area contributed by atoms with Gasteiger partial charge in [-0.15, -0.1) is 0 Å². The number of morpholine rings is 1. The highest BCUT2D eigenvalue weighted by Crippen LogP contribution is 2.23. The van der Waals surface area contributed by atoms with Crippen molar-refractivity contribution in [1.29, 1.82) is 0 Å². The van der Waals surface area contributed by atoms with Gasteiger partial charge in [0, 0.05) is 62.4 Å². The van der Waals surface area contributed by atoms with E-state index < -0.39 is 0 Å².